The van der Waals surface area contributed by atoms with Crippen molar-refractivity contribution in [3.8, 4) is 0 Å². The highest BCUT2D eigenvalue weighted by Crippen LogP contribution is 2.19. The molecule has 1 aliphatic heterocycles. The summed E-state index contributed by atoms with van der Waals surface area (Å²) in [6.45, 7) is 6.37. The number of hydrogen-bond donors (Lipinski definition) is 1. The van der Waals surface area contributed by atoms with Gasteiger partial charge in [0.2, 0.25) is 10.0 Å². The van der Waals surface area contributed by atoms with Crippen LogP contribution < -0.4 is 4.72 Å². The first-order valence-corrected chi connectivity index (χ1v) is 9.34. The third-order valence-electron chi connectivity index (χ3n) is 4.12. The number of ether oxygens (including phenoxy) is 1. The lowest BCUT2D eigenvalue weighted by Gasteiger charge is -2.19. The molecule has 1 N–H and O–H groups in total. The Labute approximate surface area is 133 Å². The molecule has 0 aliphatic carbocycles. The van der Waals surface area contributed by atoms with Gasteiger partial charge >= 0.3 is 0 Å². The van der Waals surface area contributed by atoms with Crippen LogP contribution in [0.5, 0.6) is 0 Å². The molecule has 1 saturated heterocycles. The molecule has 1 aliphatic rings. The van der Waals surface area contributed by atoms with Gasteiger partial charge in [-0.1, -0.05) is 37.3 Å². The summed E-state index contributed by atoms with van der Waals surface area (Å²) in [7, 11) is -1.78. The topological polar surface area (TPSA) is 58.6 Å². The van der Waals surface area contributed by atoms with Crippen molar-refractivity contribution in [2.45, 2.75) is 32.5 Å². The van der Waals surface area contributed by atoms with Crippen molar-refractivity contribution < 1.29 is 13.2 Å². The molecule has 22 heavy (non-hydrogen) atoms. The van der Waals surface area contributed by atoms with Crippen molar-refractivity contribution in [3.63, 3.8) is 0 Å². The van der Waals surface area contributed by atoms with E-state index in [0.717, 1.165) is 19.6 Å². The molecular weight excluding hydrogens is 300 g/mol. The van der Waals surface area contributed by atoms with Gasteiger partial charge in [-0.05, 0) is 18.4 Å². The van der Waals surface area contributed by atoms with Gasteiger partial charge in [-0.2, -0.15) is 0 Å². The molecule has 3 atom stereocenters. The summed E-state index contributed by atoms with van der Waals surface area (Å²) >= 11 is 0. The quantitative estimate of drug-likeness (QED) is 0.824. The predicted octanol–water partition coefficient (Wildman–Crippen LogP) is 1.46. The third kappa shape index (κ3) is 5.05. The first kappa shape index (κ1) is 17.4. The van der Waals surface area contributed by atoms with Crippen LogP contribution in [0.2, 0.25) is 0 Å². The molecule has 0 spiro atoms. The number of rotatable bonds is 7. The summed E-state index contributed by atoms with van der Waals surface area (Å²) in [6.07, 6.45) is -0.297. The second-order valence-corrected chi connectivity index (χ2v) is 8.01. The van der Waals surface area contributed by atoms with E-state index in [2.05, 4.69) is 28.7 Å². The van der Waals surface area contributed by atoms with Crippen LogP contribution in [-0.2, 0) is 21.3 Å². The van der Waals surface area contributed by atoms with Crippen molar-refractivity contribution in [3.05, 3.63) is 35.9 Å². The summed E-state index contributed by atoms with van der Waals surface area (Å²) in [5.74, 6) is 0.308. The monoisotopic (exact) mass is 326 g/mol. The van der Waals surface area contributed by atoms with Gasteiger partial charge in [0, 0.05) is 32.8 Å². The van der Waals surface area contributed by atoms with E-state index in [1.54, 1.807) is 6.92 Å². The minimum Gasteiger partial charge on any atom is -0.381 e. The Morgan fingerprint density at radius 1 is 1.32 bits per heavy atom. The van der Waals surface area contributed by atoms with Crippen LogP contribution >= 0.6 is 0 Å². The maximum Gasteiger partial charge on any atom is 0.214 e. The van der Waals surface area contributed by atoms with Gasteiger partial charge in [0.05, 0.1) is 11.9 Å². The molecule has 0 aromatic heterocycles. The second kappa shape index (κ2) is 7.55. The molecule has 1 aromatic carbocycles. The summed E-state index contributed by atoms with van der Waals surface area (Å²) in [5.41, 5.74) is 1.26. The van der Waals surface area contributed by atoms with Crippen LogP contribution in [0, 0.1) is 5.92 Å². The maximum absolute atomic E-state index is 12.2. The molecule has 0 bridgehead atoms. The van der Waals surface area contributed by atoms with E-state index in [4.69, 9.17) is 4.74 Å². The zero-order valence-electron chi connectivity index (χ0n) is 13.5. The number of sulfonamides is 1. The SMILES string of the molecule is CO[C@H](C)CS(=O)(=O)N[C@@H]1CN(Cc2ccccc2)C[C@@H]1C. The zero-order valence-corrected chi connectivity index (χ0v) is 14.3. The molecule has 1 fully saturated rings. The van der Waals surface area contributed by atoms with E-state index < -0.39 is 10.0 Å². The molecule has 0 radical (unpaired) electrons. The second-order valence-electron chi connectivity index (χ2n) is 6.21. The highest BCUT2D eigenvalue weighted by molar-refractivity contribution is 7.89. The number of benzene rings is 1. The molecule has 5 nitrogen and oxygen atoms in total. The Kier molecular flexibility index (Phi) is 5.97. The standard InChI is InChI=1S/C16H26N2O3S/c1-13-9-18(10-15-7-5-4-6-8-15)11-16(13)17-22(19,20)12-14(2)21-3/h4-8,13-14,16-17H,9-12H2,1-3H3/t13-,14+,16+/m0/s1. The highest BCUT2D eigenvalue weighted by Gasteiger charge is 2.32. The van der Waals surface area contributed by atoms with Gasteiger partial charge in [0.1, 0.15) is 0 Å². The van der Waals surface area contributed by atoms with Gasteiger partial charge in [0.15, 0.2) is 0 Å². The average Bonchev–Trinajstić information content (AvgIpc) is 2.78. The van der Waals surface area contributed by atoms with Gasteiger partial charge in [-0.25, -0.2) is 13.1 Å². The van der Waals surface area contributed by atoms with Crippen molar-refractivity contribution in [1.29, 1.82) is 0 Å². The van der Waals surface area contributed by atoms with Gasteiger partial charge in [-0.3, -0.25) is 4.90 Å². The lowest BCUT2D eigenvalue weighted by molar-refractivity contribution is 0.136. The molecule has 0 saturated carbocycles. The minimum atomic E-state index is -3.31. The van der Waals surface area contributed by atoms with Gasteiger partial charge < -0.3 is 4.74 Å². The third-order valence-corrected chi connectivity index (χ3v) is 5.69. The maximum atomic E-state index is 12.2. The van der Waals surface area contributed by atoms with Crippen molar-refractivity contribution in [1.82, 2.24) is 9.62 Å². The highest BCUT2D eigenvalue weighted by atomic mass is 32.2. The number of nitrogens with one attached hydrogen (secondary N) is 1. The van der Waals surface area contributed by atoms with Crippen LogP contribution in [0.15, 0.2) is 30.3 Å². The van der Waals surface area contributed by atoms with Crippen LogP contribution in [0.3, 0.4) is 0 Å². The molecular formula is C16H26N2O3S. The summed E-state index contributed by atoms with van der Waals surface area (Å²) in [6, 6.07) is 10.2. The summed E-state index contributed by atoms with van der Waals surface area (Å²) < 4.78 is 32.2. The Morgan fingerprint density at radius 2 is 2.00 bits per heavy atom. The lowest BCUT2D eigenvalue weighted by Crippen LogP contribution is -2.42. The number of likely N-dealkylation sites (tertiary alicyclic amines) is 1. The summed E-state index contributed by atoms with van der Waals surface area (Å²) in [5, 5.41) is 0. The molecule has 6 heteroatoms. The van der Waals surface area contributed by atoms with E-state index in [1.807, 2.05) is 18.2 Å². The molecule has 1 aromatic rings. The fourth-order valence-electron chi connectivity index (χ4n) is 2.85. The van der Waals surface area contributed by atoms with Crippen LogP contribution in [0.4, 0.5) is 0 Å². The van der Waals surface area contributed by atoms with E-state index in [-0.39, 0.29) is 17.9 Å². The van der Waals surface area contributed by atoms with Crippen molar-refractivity contribution >= 4 is 10.0 Å². The van der Waals surface area contributed by atoms with Crippen molar-refractivity contribution in [2.75, 3.05) is 26.0 Å². The average molecular weight is 326 g/mol. The Hall–Kier alpha value is -0.950. The molecule has 1 heterocycles. The Morgan fingerprint density at radius 3 is 2.64 bits per heavy atom. The first-order valence-electron chi connectivity index (χ1n) is 7.68. The molecule has 0 unspecified atom stereocenters. The van der Waals surface area contributed by atoms with E-state index >= 15 is 0 Å². The van der Waals surface area contributed by atoms with Crippen LogP contribution in [-0.4, -0.2) is 51.4 Å². The van der Waals surface area contributed by atoms with Crippen molar-refractivity contribution in [2.24, 2.45) is 5.92 Å². The molecule has 124 valence electrons. The fourth-order valence-corrected chi connectivity index (χ4v) is 4.47. The lowest BCUT2D eigenvalue weighted by atomic mass is 10.1. The molecule has 0 amide bonds. The van der Waals surface area contributed by atoms with Crippen LogP contribution in [0.1, 0.15) is 19.4 Å². The smallest absolute Gasteiger partial charge is 0.214 e. The molecule has 2 rings (SSSR count). The van der Waals surface area contributed by atoms with E-state index in [0.29, 0.717) is 5.92 Å². The Balaban J connectivity index is 1.91. The largest absolute Gasteiger partial charge is 0.381 e. The van der Waals surface area contributed by atoms with Gasteiger partial charge in [0.25, 0.3) is 0 Å². The summed E-state index contributed by atoms with van der Waals surface area (Å²) in [4.78, 5) is 2.30. The van der Waals surface area contributed by atoms with Gasteiger partial charge in [-0.15, -0.1) is 0 Å². The Bertz CT molecular complexity index is 562. The predicted molar refractivity (Wildman–Crippen MR) is 88.1 cm³/mol. The van der Waals surface area contributed by atoms with Crippen LogP contribution in [0.25, 0.3) is 0 Å². The zero-order chi connectivity index (χ0) is 16.2. The normalized spacial score (nSPS) is 24.5. The van der Waals surface area contributed by atoms with E-state index in [1.165, 1.54) is 12.7 Å². The fraction of sp³-hybridized carbons (Fsp3) is 0.625. The number of hydrogen-bond acceptors (Lipinski definition) is 4. The number of nitrogens with zero attached hydrogens (tertiary/aromatic N) is 1. The first-order chi connectivity index (χ1) is 10.4. The minimum absolute atomic E-state index is 0.00536. The number of methoxy groups -OCH3 is 1. The van der Waals surface area contributed by atoms with E-state index in [9.17, 15) is 8.42 Å².